The van der Waals surface area contributed by atoms with Gasteiger partial charge in [-0.25, -0.2) is 8.78 Å². The summed E-state index contributed by atoms with van der Waals surface area (Å²) in [6.07, 6.45) is 0. The fourth-order valence-corrected chi connectivity index (χ4v) is 2.35. The van der Waals surface area contributed by atoms with Gasteiger partial charge in [0.25, 0.3) is 0 Å². The van der Waals surface area contributed by atoms with E-state index in [1.54, 1.807) is 0 Å². The molecule has 2 atom stereocenters. The van der Waals surface area contributed by atoms with Crippen LogP contribution in [-0.2, 0) is 4.79 Å². The zero-order valence-electron chi connectivity index (χ0n) is 9.77. The third-order valence-electron chi connectivity index (χ3n) is 3.12. The molecule has 1 aromatic rings. The molecule has 0 bridgehead atoms. The van der Waals surface area contributed by atoms with Gasteiger partial charge < -0.3 is 10.6 Å². The Balaban J connectivity index is 2.14. The largest absolute Gasteiger partial charge is 0.323 e. The minimum absolute atomic E-state index is 0.00706. The van der Waals surface area contributed by atoms with Crippen molar-refractivity contribution in [1.82, 2.24) is 5.32 Å². The Labute approximate surface area is 112 Å². The predicted molar refractivity (Wildman–Crippen MR) is 68.2 cm³/mol. The first kappa shape index (κ1) is 13.4. The Morgan fingerprint density at radius 3 is 2.72 bits per heavy atom. The van der Waals surface area contributed by atoms with Crippen molar-refractivity contribution in [3.8, 4) is 0 Å². The van der Waals surface area contributed by atoms with Crippen molar-refractivity contribution < 1.29 is 13.6 Å². The lowest BCUT2D eigenvalue weighted by molar-refractivity contribution is -0.120. The quantitative estimate of drug-likeness (QED) is 0.823. The van der Waals surface area contributed by atoms with E-state index in [1.807, 2.05) is 6.92 Å². The second-order valence-electron chi connectivity index (χ2n) is 4.48. The van der Waals surface area contributed by atoms with Crippen LogP contribution in [-0.4, -0.2) is 19.0 Å². The Morgan fingerprint density at radius 2 is 2.11 bits per heavy atom. The zero-order chi connectivity index (χ0) is 13.3. The molecule has 0 saturated carbocycles. The summed E-state index contributed by atoms with van der Waals surface area (Å²) in [6.45, 7) is 3.31. The summed E-state index contributed by atoms with van der Waals surface area (Å²) in [4.78, 5) is 11.9. The van der Waals surface area contributed by atoms with E-state index in [2.05, 4.69) is 26.6 Å². The highest BCUT2D eigenvalue weighted by atomic mass is 79.9. The standard InChI is InChI=1S/C12H13BrF2N2O/c1-6-4-16-5-7(6)12(18)17-11-2-8(13)9(14)3-10(11)15/h2-3,6-7,16H,4-5H2,1H3,(H,17,18). The summed E-state index contributed by atoms with van der Waals surface area (Å²) < 4.78 is 26.7. The van der Waals surface area contributed by atoms with E-state index in [0.717, 1.165) is 12.6 Å². The van der Waals surface area contributed by atoms with Gasteiger partial charge in [-0.15, -0.1) is 0 Å². The SMILES string of the molecule is CC1CNCC1C(=O)Nc1cc(Br)c(F)cc1F. The molecule has 98 valence electrons. The Morgan fingerprint density at radius 1 is 1.39 bits per heavy atom. The second-order valence-corrected chi connectivity index (χ2v) is 5.33. The van der Waals surface area contributed by atoms with Crippen molar-refractivity contribution in [2.24, 2.45) is 11.8 Å². The Bertz CT molecular complexity index is 481. The second kappa shape index (κ2) is 5.32. The normalized spacial score (nSPS) is 23.1. The number of carbonyl (C=O) groups excluding carboxylic acids is 1. The number of benzene rings is 1. The lowest BCUT2D eigenvalue weighted by Gasteiger charge is -2.14. The van der Waals surface area contributed by atoms with E-state index in [9.17, 15) is 13.6 Å². The van der Waals surface area contributed by atoms with E-state index in [0.29, 0.717) is 6.54 Å². The zero-order valence-corrected chi connectivity index (χ0v) is 11.4. The Hall–Kier alpha value is -1.01. The molecule has 18 heavy (non-hydrogen) atoms. The van der Waals surface area contributed by atoms with E-state index >= 15 is 0 Å². The van der Waals surface area contributed by atoms with Crippen LogP contribution in [0.15, 0.2) is 16.6 Å². The average Bonchev–Trinajstić information content (AvgIpc) is 2.72. The molecule has 1 aliphatic rings. The maximum Gasteiger partial charge on any atom is 0.229 e. The lowest BCUT2D eigenvalue weighted by atomic mass is 9.97. The molecule has 0 radical (unpaired) electrons. The molecule has 1 aromatic carbocycles. The van der Waals surface area contributed by atoms with Crippen LogP contribution in [0.4, 0.5) is 14.5 Å². The summed E-state index contributed by atoms with van der Waals surface area (Å²) in [5.74, 6) is -1.70. The number of halogens is 3. The van der Waals surface area contributed by atoms with Crippen LogP contribution in [0.1, 0.15) is 6.92 Å². The summed E-state index contributed by atoms with van der Waals surface area (Å²) in [5, 5.41) is 5.60. The van der Waals surface area contributed by atoms with Gasteiger partial charge >= 0.3 is 0 Å². The number of nitrogens with one attached hydrogen (secondary N) is 2. The third-order valence-corrected chi connectivity index (χ3v) is 3.73. The van der Waals surface area contributed by atoms with Crippen LogP contribution in [0, 0.1) is 23.5 Å². The molecule has 1 amide bonds. The molecule has 0 aromatic heterocycles. The number of amides is 1. The molecule has 1 saturated heterocycles. The number of rotatable bonds is 2. The van der Waals surface area contributed by atoms with Crippen LogP contribution in [0.2, 0.25) is 0 Å². The molecule has 6 heteroatoms. The molecule has 2 rings (SSSR count). The van der Waals surface area contributed by atoms with Gasteiger partial charge in [0.1, 0.15) is 11.6 Å². The summed E-state index contributed by atoms with van der Waals surface area (Å²) in [5.41, 5.74) is -0.00706. The maximum atomic E-state index is 13.5. The predicted octanol–water partition coefficient (Wildman–Crippen LogP) is 2.52. The minimum Gasteiger partial charge on any atom is -0.323 e. The number of carbonyl (C=O) groups is 1. The highest BCUT2D eigenvalue weighted by Crippen LogP contribution is 2.25. The molecule has 1 heterocycles. The highest BCUT2D eigenvalue weighted by molar-refractivity contribution is 9.10. The topological polar surface area (TPSA) is 41.1 Å². The van der Waals surface area contributed by atoms with Gasteiger partial charge in [-0.1, -0.05) is 6.92 Å². The lowest BCUT2D eigenvalue weighted by Crippen LogP contribution is -2.28. The van der Waals surface area contributed by atoms with Gasteiger partial charge in [0.05, 0.1) is 16.1 Å². The molecule has 1 fully saturated rings. The fourth-order valence-electron chi connectivity index (χ4n) is 2.00. The van der Waals surface area contributed by atoms with Crippen LogP contribution in [0.25, 0.3) is 0 Å². The summed E-state index contributed by atoms with van der Waals surface area (Å²) >= 11 is 2.96. The number of hydrogen-bond acceptors (Lipinski definition) is 2. The summed E-state index contributed by atoms with van der Waals surface area (Å²) in [7, 11) is 0. The first-order chi connectivity index (χ1) is 8.49. The van der Waals surface area contributed by atoms with E-state index < -0.39 is 11.6 Å². The van der Waals surface area contributed by atoms with Gasteiger partial charge in [-0.2, -0.15) is 0 Å². The molecular formula is C12H13BrF2N2O. The van der Waals surface area contributed by atoms with E-state index in [4.69, 9.17) is 0 Å². The van der Waals surface area contributed by atoms with Crippen molar-refractivity contribution >= 4 is 27.5 Å². The first-order valence-electron chi connectivity index (χ1n) is 5.65. The molecule has 2 unspecified atom stereocenters. The molecule has 3 nitrogen and oxygen atoms in total. The number of hydrogen-bond donors (Lipinski definition) is 2. The van der Waals surface area contributed by atoms with Gasteiger partial charge in [0.15, 0.2) is 0 Å². The van der Waals surface area contributed by atoms with Crippen molar-refractivity contribution in [3.05, 3.63) is 28.2 Å². The average molecular weight is 319 g/mol. The van der Waals surface area contributed by atoms with Crippen LogP contribution in [0.5, 0.6) is 0 Å². The van der Waals surface area contributed by atoms with Crippen molar-refractivity contribution in [1.29, 1.82) is 0 Å². The number of anilines is 1. The van der Waals surface area contributed by atoms with E-state index in [1.165, 1.54) is 6.07 Å². The van der Waals surface area contributed by atoms with Gasteiger partial charge in [-0.3, -0.25) is 4.79 Å². The van der Waals surface area contributed by atoms with Crippen LogP contribution in [0.3, 0.4) is 0 Å². The molecule has 0 spiro atoms. The van der Waals surface area contributed by atoms with Crippen molar-refractivity contribution in [2.75, 3.05) is 18.4 Å². The minimum atomic E-state index is -0.775. The molecule has 0 aliphatic carbocycles. The van der Waals surface area contributed by atoms with Crippen LogP contribution < -0.4 is 10.6 Å². The van der Waals surface area contributed by atoms with Gasteiger partial charge in [0.2, 0.25) is 5.91 Å². The monoisotopic (exact) mass is 318 g/mol. The van der Waals surface area contributed by atoms with E-state index in [-0.39, 0.29) is 27.9 Å². The van der Waals surface area contributed by atoms with Gasteiger partial charge in [-0.05, 0) is 34.5 Å². The van der Waals surface area contributed by atoms with Crippen molar-refractivity contribution in [3.63, 3.8) is 0 Å². The molecular weight excluding hydrogens is 306 g/mol. The smallest absolute Gasteiger partial charge is 0.229 e. The first-order valence-corrected chi connectivity index (χ1v) is 6.44. The van der Waals surface area contributed by atoms with Gasteiger partial charge in [0, 0.05) is 12.6 Å². The Kier molecular flexibility index (Phi) is 3.97. The highest BCUT2D eigenvalue weighted by Gasteiger charge is 2.30. The van der Waals surface area contributed by atoms with Crippen LogP contribution >= 0.6 is 15.9 Å². The third kappa shape index (κ3) is 2.70. The molecule has 1 aliphatic heterocycles. The molecule has 2 N–H and O–H groups in total. The fraction of sp³-hybridized carbons (Fsp3) is 0.417. The summed E-state index contributed by atoms with van der Waals surface area (Å²) in [6, 6.07) is 1.98. The maximum absolute atomic E-state index is 13.5. The van der Waals surface area contributed by atoms with Crippen molar-refractivity contribution in [2.45, 2.75) is 6.92 Å².